The van der Waals surface area contributed by atoms with Crippen molar-refractivity contribution in [1.29, 1.82) is 0 Å². The molecule has 100 valence electrons. The standard InChI is InChI=1S/C12H24N2O3/c1-9(2)11(13)12(15)17-7-5-14-4-6-16-8-10(14)3/h9-11H,4-8,13H2,1-3H3/t10?,11-/m0/s1. The molecule has 5 nitrogen and oxygen atoms in total. The molecule has 0 spiro atoms. The monoisotopic (exact) mass is 244 g/mol. The zero-order valence-electron chi connectivity index (χ0n) is 11.0. The van der Waals surface area contributed by atoms with Crippen LogP contribution in [0.4, 0.5) is 0 Å². The Bertz CT molecular complexity index is 246. The minimum atomic E-state index is -0.517. The van der Waals surface area contributed by atoms with Crippen LogP contribution in [-0.2, 0) is 14.3 Å². The number of carbonyl (C=O) groups excluding carboxylic acids is 1. The summed E-state index contributed by atoms with van der Waals surface area (Å²) in [4.78, 5) is 13.8. The van der Waals surface area contributed by atoms with Crippen LogP contribution >= 0.6 is 0 Å². The summed E-state index contributed by atoms with van der Waals surface area (Å²) < 4.78 is 10.5. The average Bonchev–Trinajstić information content (AvgIpc) is 2.30. The third-order valence-electron chi connectivity index (χ3n) is 3.12. The van der Waals surface area contributed by atoms with Gasteiger partial charge in [0.1, 0.15) is 12.6 Å². The van der Waals surface area contributed by atoms with Crippen molar-refractivity contribution in [3.05, 3.63) is 0 Å². The predicted octanol–water partition coefficient (Wildman–Crippen LogP) is 0.234. The van der Waals surface area contributed by atoms with Gasteiger partial charge in [0.15, 0.2) is 0 Å². The lowest BCUT2D eigenvalue weighted by atomic mass is 10.1. The van der Waals surface area contributed by atoms with Gasteiger partial charge in [-0.2, -0.15) is 0 Å². The molecule has 17 heavy (non-hydrogen) atoms. The van der Waals surface area contributed by atoms with Crippen molar-refractivity contribution in [2.75, 3.05) is 32.9 Å². The largest absolute Gasteiger partial charge is 0.463 e. The topological polar surface area (TPSA) is 64.8 Å². The number of nitrogens with zero attached hydrogens (tertiary/aromatic N) is 1. The molecule has 2 N–H and O–H groups in total. The first-order chi connectivity index (χ1) is 8.02. The maximum Gasteiger partial charge on any atom is 0.323 e. The van der Waals surface area contributed by atoms with Gasteiger partial charge in [0.2, 0.25) is 0 Å². The molecular formula is C12H24N2O3. The van der Waals surface area contributed by atoms with Crippen molar-refractivity contribution in [3.63, 3.8) is 0 Å². The van der Waals surface area contributed by atoms with E-state index in [1.165, 1.54) is 0 Å². The van der Waals surface area contributed by atoms with Crippen molar-refractivity contribution in [3.8, 4) is 0 Å². The number of nitrogens with two attached hydrogens (primary N) is 1. The predicted molar refractivity (Wildman–Crippen MR) is 65.6 cm³/mol. The van der Waals surface area contributed by atoms with Gasteiger partial charge in [-0.1, -0.05) is 13.8 Å². The average molecular weight is 244 g/mol. The molecule has 0 saturated carbocycles. The first-order valence-electron chi connectivity index (χ1n) is 6.26. The Morgan fingerprint density at radius 2 is 2.29 bits per heavy atom. The summed E-state index contributed by atoms with van der Waals surface area (Å²) >= 11 is 0. The van der Waals surface area contributed by atoms with Gasteiger partial charge in [-0.25, -0.2) is 0 Å². The van der Waals surface area contributed by atoms with Gasteiger partial charge in [0, 0.05) is 19.1 Å². The highest BCUT2D eigenvalue weighted by molar-refractivity contribution is 5.75. The Morgan fingerprint density at radius 1 is 1.59 bits per heavy atom. The first-order valence-corrected chi connectivity index (χ1v) is 6.26. The minimum Gasteiger partial charge on any atom is -0.463 e. The molecule has 0 aromatic rings. The summed E-state index contributed by atoms with van der Waals surface area (Å²) in [6, 6.07) is -0.127. The number of hydrogen-bond acceptors (Lipinski definition) is 5. The zero-order chi connectivity index (χ0) is 12.8. The quantitative estimate of drug-likeness (QED) is 0.702. The van der Waals surface area contributed by atoms with Gasteiger partial charge in [0.25, 0.3) is 0 Å². The third kappa shape index (κ3) is 4.61. The first kappa shape index (κ1) is 14.4. The molecule has 1 aliphatic heterocycles. The number of morpholine rings is 1. The van der Waals surface area contributed by atoms with E-state index in [0.717, 1.165) is 26.3 Å². The number of rotatable bonds is 5. The van der Waals surface area contributed by atoms with E-state index in [4.69, 9.17) is 15.2 Å². The molecule has 0 aromatic heterocycles. The van der Waals surface area contributed by atoms with Crippen molar-refractivity contribution in [1.82, 2.24) is 4.90 Å². The fourth-order valence-electron chi connectivity index (χ4n) is 1.73. The van der Waals surface area contributed by atoms with Crippen LogP contribution in [0.15, 0.2) is 0 Å². The van der Waals surface area contributed by atoms with Crippen LogP contribution in [0.25, 0.3) is 0 Å². The molecule has 1 saturated heterocycles. The van der Waals surface area contributed by atoms with Gasteiger partial charge >= 0.3 is 5.97 Å². The minimum absolute atomic E-state index is 0.116. The maximum absolute atomic E-state index is 11.5. The Morgan fingerprint density at radius 3 is 2.88 bits per heavy atom. The molecule has 2 atom stereocenters. The molecule has 1 rings (SSSR count). The van der Waals surface area contributed by atoms with Crippen molar-refractivity contribution in [2.24, 2.45) is 11.7 Å². The fourth-order valence-corrected chi connectivity index (χ4v) is 1.73. The van der Waals surface area contributed by atoms with E-state index < -0.39 is 6.04 Å². The summed E-state index contributed by atoms with van der Waals surface area (Å²) in [6.45, 7) is 9.50. The SMILES string of the molecule is CC(C)[C@H](N)C(=O)OCCN1CCOCC1C. The fraction of sp³-hybridized carbons (Fsp3) is 0.917. The summed E-state index contributed by atoms with van der Waals surface area (Å²) in [6.07, 6.45) is 0. The lowest BCUT2D eigenvalue weighted by Crippen LogP contribution is -2.45. The van der Waals surface area contributed by atoms with Crippen LogP contribution < -0.4 is 5.73 Å². The van der Waals surface area contributed by atoms with Gasteiger partial charge in [-0.15, -0.1) is 0 Å². The molecule has 0 amide bonds. The van der Waals surface area contributed by atoms with E-state index in [1.54, 1.807) is 0 Å². The lowest BCUT2D eigenvalue weighted by Gasteiger charge is -2.32. The smallest absolute Gasteiger partial charge is 0.323 e. The number of carbonyl (C=O) groups is 1. The van der Waals surface area contributed by atoms with E-state index in [9.17, 15) is 4.79 Å². The van der Waals surface area contributed by atoms with Crippen LogP contribution in [0.1, 0.15) is 20.8 Å². The summed E-state index contributed by atoms with van der Waals surface area (Å²) in [7, 11) is 0. The Hall–Kier alpha value is -0.650. The molecule has 5 heteroatoms. The van der Waals surface area contributed by atoms with Crippen molar-refractivity contribution >= 4 is 5.97 Å². The number of esters is 1. The van der Waals surface area contributed by atoms with Crippen LogP contribution in [0, 0.1) is 5.92 Å². The second-order valence-electron chi connectivity index (χ2n) is 4.90. The highest BCUT2D eigenvalue weighted by Gasteiger charge is 2.21. The van der Waals surface area contributed by atoms with Crippen molar-refractivity contribution < 1.29 is 14.3 Å². The van der Waals surface area contributed by atoms with Crippen LogP contribution in [0.2, 0.25) is 0 Å². The Kier molecular flexibility index (Phi) is 5.88. The normalized spacial score (nSPS) is 23.7. The molecule has 1 fully saturated rings. The van der Waals surface area contributed by atoms with Crippen molar-refractivity contribution in [2.45, 2.75) is 32.9 Å². The van der Waals surface area contributed by atoms with Gasteiger partial charge in [-0.05, 0) is 12.8 Å². The summed E-state index contributed by atoms with van der Waals surface area (Å²) in [5.74, 6) is -0.189. The van der Waals surface area contributed by atoms with E-state index in [0.29, 0.717) is 12.6 Å². The van der Waals surface area contributed by atoms with E-state index >= 15 is 0 Å². The molecule has 1 heterocycles. The Balaban J connectivity index is 2.20. The zero-order valence-corrected chi connectivity index (χ0v) is 11.0. The number of hydrogen-bond donors (Lipinski definition) is 1. The summed E-state index contributed by atoms with van der Waals surface area (Å²) in [5.41, 5.74) is 5.70. The highest BCUT2D eigenvalue weighted by Crippen LogP contribution is 2.06. The molecule has 1 aliphatic rings. The molecular weight excluding hydrogens is 220 g/mol. The Labute approximate surface area is 103 Å². The molecule has 1 unspecified atom stereocenters. The van der Waals surface area contributed by atoms with Gasteiger partial charge in [-0.3, -0.25) is 9.69 Å². The lowest BCUT2D eigenvalue weighted by molar-refractivity contribution is -0.147. The molecule has 0 bridgehead atoms. The second kappa shape index (κ2) is 6.93. The van der Waals surface area contributed by atoms with E-state index in [1.807, 2.05) is 13.8 Å². The second-order valence-corrected chi connectivity index (χ2v) is 4.90. The van der Waals surface area contributed by atoms with Gasteiger partial charge < -0.3 is 15.2 Å². The van der Waals surface area contributed by atoms with E-state index in [-0.39, 0.29) is 11.9 Å². The van der Waals surface area contributed by atoms with E-state index in [2.05, 4.69) is 11.8 Å². The van der Waals surface area contributed by atoms with Crippen LogP contribution in [0.3, 0.4) is 0 Å². The molecule has 0 aliphatic carbocycles. The maximum atomic E-state index is 11.5. The molecule has 0 aromatic carbocycles. The molecule has 0 radical (unpaired) electrons. The van der Waals surface area contributed by atoms with Gasteiger partial charge in [0.05, 0.1) is 13.2 Å². The highest BCUT2D eigenvalue weighted by atomic mass is 16.5. The van der Waals surface area contributed by atoms with Crippen LogP contribution in [-0.4, -0.2) is 55.9 Å². The third-order valence-corrected chi connectivity index (χ3v) is 3.12. The number of ether oxygens (including phenoxy) is 2. The summed E-state index contributed by atoms with van der Waals surface area (Å²) in [5, 5.41) is 0. The van der Waals surface area contributed by atoms with Crippen LogP contribution in [0.5, 0.6) is 0 Å².